The second kappa shape index (κ2) is 5.58. The van der Waals surface area contributed by atoms with Crippen LogP contribution < -0.4 is 14.8 Å². The molecule has 1 aromatic heterocycles. The fourth-order valence-corrected chi connectivity index (χ4v) is 2.35. The van der Waals surface area contributed by atoms with Gasteiger partial charge in [-0.25, -0.2) is 0 Å². The number of halogens is 1. The van der Waals surface area contributed by atoms with Crippen molar-refractivity contribution in [3.63, 3.8) is 0 Å². The molecule has 104 valence electrons. The van der Waals surface area contributed by atoms with Gasteiger partial charge in [0.05, 0.1) is 11.8 Å². The first-order valence-corrected chi connectivity index (χ1v) is 6.93. The van der Waals surface area contributed by atoms with Crippen molar-refractivity contribution in [1.29, 1.82) is 0 Å². The predicted molar refractivity (Wildman–Crippen MR) is 75.0 cm³/mol. The van der Waals surface area contributed by atoms with Crippen LogP contribution in [-0.4, -0.2) is 19.1 Å². The normalized spacial score (nSPS) is 13.1. The van der Waals surface area contributed by atoms with E-state index in [0.29, 0.717) is 35.7 Å². The van der Waals surface area contributed by atoms with Crippen molar-refractivity contribution in [2.45, 2.75) is 6.54 Å². The summed E-state index contributed by atoms with van der Waals surface area (Å²) in [7, 11) is 0. The molecule has 1 aromatic carbocycles. The van der Waals surface area contributed by atoms with Crippen molar-refractivity contribution >= 4 is 21.8 Å². The lowest BCUT2D eigenvalue weighted by atomic mass is 10.2. The lowest BCUT2D eigenvalue weighted by Gasteiger charge is -2.18. The van der Waals surface area contributed by atoms with Crippen molar-refractivity contribution in [3.05, 3.63) is 46.3 Å². The molecule has 0 saturated heterocycles. The molecule has 0 bridgehead atoms. The largest absolute Gasteiger partial charge is 0.486 e. The number of nitrogens with one attached hydrogen (secondary N) is 1. The summed E-state index contributed by atoms with van der Waals surface area (Å²) >= 11 is 3.18. The third-order valence-electron chi connectivity index (χ3n) is 2.92. The monoisotopic (exact) mass is 337 g/mol. The zero-order chi connectivity index (χ0) is 13.9. The molecule has 0 fully saturated rings. The van der Waals surface area contributed by atoms with E-state index in [2.05, 4.69) is 21.2 Å². The molecule has 1 N–H and O–H groups in total. The minimum Gasteiger partial charge on any atom is -0.486 e. The van der Waals surface area contributed by atoms with Gasteiger partial charge in [0.1, 0.15) is 13.2 Å². The van der Waals surface area contributed by atoms with Crippen LogP contribution in [0.2, 0.25) is 0 Å². The molecule has 1 aliphatic heterocycles. The van der Waals surface area contributed by atoms with E-state index in [9.17, 15) is 4.79 Å². The number of hydrogen-bond acceptors (Lipinski definition) is 4. The number of hydrogen-bond donors (Lipinski definition) is 1. The summed E-state index contributed by atoms with van der Waals surface area (Å²) in [6, 6.07) is 7.24. The summed E-state index contributed by atoms with van der Waals surface area (Å²) in [6.07, 6.45) is 1.46. The Kier molecular flexibility index (Phi) is 3.64. The lowest BCUT2D eigenvalue weighted by molar-refractivity contribution is 0.0949. The van der Waals surface area contributed by atoms with E-state index in [1.54, 1.807) is 6.07 Å². The number of fused-ring (bicyclic) bond motifs is 1. The summed E-state index contributed by atoms with van der Waals surface area (Å²) in [6.45, 7) is 1.52. The van der Waals surface area contributed by atoms with Crippen LogP contribution in [0.4, 0.5) is 0 Å². The van der Waals surface area contributed by atoms with Gasteiger partial charge in [-0.15, -0.1) is 0 Å². The third-order valence-corrected chi connectivity index (χ3v) is 3.54. The SMILES string of the molecule is O=C(NCc1ccc2c(c1)OCCO2)c1ccoc1Br. The Bertz CT molecular complexity index is 638. The van der Waals surface area contributed by atoms with E-state index < -0.39 is 0 Å². The van der Waals surface area contributed by atoms with Crippen LogP contribution in [0.1, 0.15) is 15.9 Å². The topological polar surface area (TPSA) is 60.7 Å². The predicted octanol–water partition coefficient (Wildman–Crippen LogP) is 2.74. The summed E-state index contributed by atoms with van der Waals surface area (Å²) in [5, 5.41) is 2.82. The van der Waals surface area contributed by atoms with Crippen molar-refractivity contribution in [2.75, 3.05) is 13.2 Å². The first-order valence-electron chi connectivity index (χ1n) is 6.14. The molecular formula is C14H12BrNO4. The van der Waals surface area contributed by atoms with E-state index in [-0.39, 0.29) is 5.91 Å². The van der Waals surface area contributed by atoms with Gasteiger partial charge in [0.15, 0.2) is 16.2 Å². The van der Waals surface area contributed by atoms with Gasteiger partial charge < -0.3 is 19.2 Å². The molecule has 0 unspecified atom stereocenters. The molecular weight excluding hydrogens is 326 g/mol. The van der Waals surface area contributed by atoms with Crippen LogP contribution in [0.5, 0.6) is 11.5 Å². The Hall–Kier alpha value is -1.95. The molecule has 3 rings (SSSR count). The number of benzene rings is 1. The van der Waals surface area contributed by atoms with Gasteiger partial charge in [0.25, 0.3) is 5.91 Å². The third kappa shape index (κ3) is 2.65. The van der Waals surface area contributed by atoms with Gasteiger partial charge in [0, 0.05) is 6.54 Å². The number of rotatable bonds is 3. The second-order valence-corrected chi connectivity index (χ2v) is 4.99. The van der Waals surface area contributed by atoms with Crippen molar-refractivity contribution < 1.29 is 18.7 Å². The van der Waals surface area contributed by atoms with Crippen LogP contribution in [0.3, 0.4) is 0 Å². The minimum absolute atomic E-state index is 0.194. The molecule has 1 amide bonds. The Balaban J connectivity index is 1.67. The summed E-state index contributed by atoms with van der Waals surface area (Å²) in [5.41, 5.74) is 1.42. The zero-order valence-electron chi connectivity index (χ0n) is 10.5. The van der Waals surface area contributed by atoms with Gasteiger partial charge >= 0.3 is 0 Å². The smallest absolute Gasteiger partial charge is 0.256 e. The number of ether oxygens (including phenoxy) is 2. The fraction of sp³-hybridized carbons (Fsp3) is 0.214. The van der Waals surface area contributed by atoms with Crippen LogP contribution in [-0.2, 0) is 6.54 Å². The average Bonchev–Trinajstić information content (AvgIpc) is 2.91. The highest BCUT2D eigenvalue weighted by atomic mass is 79.9. The minimum atomic E-state index is -0.194. The van der Waals surface area contributed by atoms with Crippen LogP contribution in [0.15, 0.2) is 39.6 Å². The highest BCUT2D eigenvalue weighted by Crippen LogP contribution is 2.30. The lowest BCUT2D eigenvalue weighted by Crippen LogP contribution is -2.23. The first-order chi connectivity index (χ1) is 9.74. The molecule has 20 heavy (non-hydrogen) atoms. The quantitative estimate of drug-likeness (QED) is 0.935. The Morgan fingerprint density at radius 3 is 2.75 bits per heavy atom. The molecule has 5 nitrogen and oxygen atoms in total. The molecule has 0 spiro atoms. The van der Waals surface area contributed by atoms with Gasteiger partial charge in [-0.05, 0) is 39.7 Å². The van der Waals surface area contributed by atoms with E-state index in [0.717, 1.165) is 11.3 Å². The van der Waals surface area contributed by atoms with E-state index in [1.165, 1.54) is 6.26 Å². The van der Waals surface area contributed by atoms with Crippen LogP contribution >= 0.6 is 15.9 Å². The molecule has 6 heteroatoms. The number of carbonyl (C=O) groups is 1. The fourth-order valence-electron chi connectivity index (χ4n) is 1.93. The Morgan fingerprint density at radius 2 is 2.00 bits per heavy atom. The molecule has 0 radical (unpaired) electrons. The van der Waals surface area contributed by atoms with Gasteiger partial charge in [-0.1, -0.05) is 6.07 Å². The molecule has 0 aliphatic carbocycles. The van der Waals surface area contributed by atoms with E-state index in [4.69, 9.17) is 13.9 Å². The Labute approximate surface area is 124 Å². The summed E-state index contributed by atoms with van der Waals surface area (Å²) < 4.78 is 16.4. The molecule has 0 saturated carbocycles. The standard InChI is InChI=1S/C14H12BrNO4/c15-13-10(3-4-20-13)14(17)16-8-9-1-2-11-12(7-9)19-6-5-18-11/h1-4,7H,5-6,8H2,(H,16,17). The van der Waals surface area contributed by atoms with Gasteiger partial charge in [0.2, 0.25) is 0 Å². The van der Waals surface area contributed by atoms with Crippen LogP contribution in [0.25, 0.3) is 0 Å². The van der Waals surface area contributed by atoms with Crippen molar-refractivity contribution in [2.24, 2.45) is 0 Å². The van der Waals surface area contributed by atoms with E-state index in [1.807, 2.05) is 18.2 Å². The second-order valence-electron chi connectivity index (χ2n) is 4.27. The van der Waals surface area contributed by atoms with Crippen molar-refractivity contribution in [3.8, 4) is 11.5 Å². The highest BCUT2D eigenvalue weighted by molar-refractivity contribution is 9.10. The van der Waals surface area contributed by atoms with Crippen LogP contribution in [0, 0.1) is 0 Å². The average molecular weight is 338 g/mol. The molecule has 2 aromatic rings. The number of furan rings is 1. The zero-order valence-corrected chi connectivity index (χ0v) is 12.1. The summed E-state index contributed by atoms with van der Waals surface area (Å²) in [5.74, 6) is 1.26. The maximum atomic E-state index is 11.9. The number of amides is 1. The summed E-state index contributed by atoms with van der Waals surface area (Å²) in [4.78, 5) is 11.9. The van der Waals surface area contributed by atoms with E-state index >= 15 is 0 Å². The molecule has 1 aliphatic rings. The molecule has 0 atom stereocenters. The first kappa shape index (κ1) is 13.1. The van der Waals surface area contributed by atoms with Crippen molar-refractivity contribution in [1.82, 2.24) is 5.32 Å². The van der Waals surface area contributed by atoms with Gasteiger partial charge in [-0.2, -0.15) is 0 Å². The maximum absolute atomic E-state index is 11.9. The number of carbonyl (C=O) groups excluding carboxylic acids is 1. The highest BCUT2D eigenvalue weighted by Gasteiger charge is 2.14. The van der Waals surface area contributed by atoms with Gasteiger partial charge in [-0.3, -0.25) is 4.79 Å². The molecule has 2 heterocycles. The Morgan fingerprint density at radius 1 is 1.20 bits per heavy atom. The maximum Gasteiger partial charge on any atom is 0.256 e.